The van der Waals surface area contributed by atoms with E-state index in [4.69, 9.17) is 10.8 Å². The Labute approximate surface area is 88.6 Å². The van der Waals surface area contributed by atoms with E-state index in [0.717, 1.165) is 16.3 Å². The van der Waals surface area contributed by atoms with Gasteiger partial charge < -0.3 is 10.8 Å². The Hall–Kier alpha value is -1.96. The normalized spacial score (nSPS) is 12.3. The summed E-state index contributed by atoms with van der Waals surface area (Å²) in [6, 6.07) is 14.0. The van der Waals surface area contributed by atoms with E-state index in [1.54, 1.807) is 0 Å². The molecular formula is C13H12N2. The lowest BCUT2D eigenvalue weighted by molar-refractivity contribution is 1.24. The second kappa shape index (κ2) is 4.05. The summed E-state index contributed by atoms with van der Waals surface area (Å²) in [7, 11) is 0. The average Bonchev–Trinajstić information content (AvgIpc) is 2.31. The largest absolute Gasteiger partial charge is 0.312 e. The van der Waals surface area contributed by atoms with Crippen molar-refractivity contribution < 1.29 is 0 Å². The molecule has 0 bridgehead atoms. The van der Waals surface area contributed by atoms with Gasteiger partial charge in [0.05, 0.1) is 5.92 Å². The van der Waals surface area contributed by atoms with Crippen molar-refractivity contribution >= 4 is 23.2 Å². The van der Waals surface area contributed by atoms with Crippen LogP contribution in [0.15, 0.2) is 42.5 Å². The zero-order valence-corrected chi connectivity index (χ0v) is 8.27. The summed E-state index contributed by atoms with van der Waals surface area (Å²) in [5, 5.41) is 16.9. The van der Waals surface area contributed by atoms with E-state index in [0.29, 0.717) is 0 Å². The zero-order chi connectivity index (χ0) is 10.7. The number of benzene rings is 2. The first kappa shape index (κ1) is 9.59. The van der Waals surface area contributed by atoms with Crippen molar-refractivity contribution in [3.05, 3.63) is 48.0 Å². The predicted molar refractivity (Wildman–Crippen MR) is 64.3 cm³/mol. The van der Waals surface area contributed by atoms with Crippen LogP contribution in [0.5, 0.6) is 0 Å². The van der Waals surface area contributed by atoms with E-state index in [1.165, 1.54) is 12.4 Å². The molecule has 0 unspecified atom stereocenters. The SMILES string of the molecule is N=CC(C=N)c1cccc2ccccc12. The van der Waals surface area contributed by atoms with Gasteiger partial charge in [-0.05, 0) is 16.3 Å². The van der Waals surface area contributed by atoms with Crippen LogP contribution in [0.3, 0.4) is 0 Å². The summed E-state index contributed by atoms with van der Waals surface area (Å²) in [6.45, 7) is 0. The molecule has 0 heterocycles. The van der Waals surface area contributed by atoms with Crippen LogP contribution in [0.1, 0.15) is 11.5 Å². The Morgan fingerprint density at radius 2 is 1.53 bits per heavy atom. The van der Waals surface area contributed by atoms with Gasteiger partial charge in [-0.15, -0.1) is 0 Å². The second-order valence-corrected chi connectivity index (χ2v) is 3.43. The van der Waals surface area contributed by atoms with Gasteiger partial charge in [0, 0.05) is 12.4 Å². The molecule has 0 fully saturated rings. The Bertz CT molecular complexity index is 489. The fourth-order valence-electron chi connectivity index (χ4n) is 1.77. The molecule has 2 rings (SSSR count). The van der Waals surface area contributed by atoms with E-state index in [-0.39, 0.29) is 5.92 Å². The van der Waals surface area contributed by atoms with Crippen molar-refractivity contribution in [2.45, 2.75) is 5.92 Å². The van der Waals surface area contributed by atoms with Crippen molar-refractivity contribution in [2.75, 3.05) is 0 Å². The van der Waals surface area contributed by atoms with Gasteiger partial charge >= 0.3 is 0 Å². The van der Waals surface area contributed by atoms with Crippen molar-refractivity contribution in [3.8, 4) is 0 Å². The summed E-state index contributed by atoms with van der Waals surface area (Å²) in [5.74, 6) is -0.212. The maximum Gasteiger partial charge on any atom is 0.0538 e. The van der Waals surface area contributed by atoms with Crippen molar-refractivity contribution in [2.24, 2.45) is 0 Å². The van der Waals surface area contributed by atoms with Gasteiger partial charge in [-0.25, -0.2) is 0 Å². The third-order valence-corrected chi connectivity index (χ3v) is 2.54. The molecule has 2 aromatic rings. The average molecular weight is 196 g/mol. The molecule has 0 atom stereocenters. The zero-order valence-electron chi connectivity index (χ0n) is 8.27. The lowest BCUT2D eigenvalue weighted by atomic mass is 9.95. The van der Waals surface area contributed by atoms with Gasteiger partial charge in [0.1, 0.15) is 0 Å². The molecular weight excluding hydrogens is 184 g/mol. The smallest absolute Gasteiger partial charge is 0.0538 e. The van der Waals surface area contributed by atoms with E-state index >= 15 is 0 Å². The van der Waals surface area contributed by atoms with Gasteiger partial charge in [-0.1, -0.05) is 42.5 Å². The van der Waals surface area contributed by atoms with Crippen molar-refractivity contribution in [1.82, 2.24) is 0 Å². The minimum absolute atomic E-state index is 0.212. The van der Waals surface area contributed by atoms with Gasteiger partial charge in [0.15, 0.2) is 0 Å². The van der Waals surface area contributed by atoms with Crippen LogP contribution in [0.2, 0.25) is 0 Å². The maximum absolute atomic E-state index is 7.30. The molecule has 15 heavy (non-hydrogen) atoms. The van der Waals surface area contributed by atoms with E-state index in [9.17, 15) is 0 Å². The maximum atomic E-state index is 7.30. The number of fused-ring (bicyclic) bond motifs is 1. The summed E-state index contributed by atoms with van der Waals surface area (Å²) < 4.78 is 0. The Kier molecular flexibility index (Phi) is 2.59. The van der Waals surface area contributed by atoms with Crippen LogP contribution in [0, 0.1) is 10.8 Å². The number of rotatable bonds is 3. The molecule has 2 aromatic carbocycles. The fourth-order valence-corrected chi connectivity index (χ4v) is 1.77. The van der Waals surface area contributed by atoms with E-state index in [2.05, 4.69) is 0 Å². The molecule has 0 aromatic heterocycles. The highest BCUT2D eigenvalue weighted by Gasteiger charge is 2.08. The minimum Gasteiger partial charge on any atom is -0.312 e. The molecule has 0 saturated carbocycles. The molecule has 0 aliphatic heterocycles. The molecule has 0 aliphatic carbocycles. The van der Waals surface area contributed by atoms with Gasteiger partial charge in [0.2, 0.25) is 0 Å². The summed E-state index contributed by atoms with van der Waals surface area (Å²) >= 11 is 0. The third-order valence-electron chi connectivity index (χ3n) is 2.54. The second-order valence-electron chi connectivity index (χ2n) is 3.43. The molecule has 74 valence electrons. The van der Waals surface area contributed by atoms with Crippen molar-refractivity contribution in [1.29, 1.82) is 10.8 Å². The van der Waals surface area contributed by atoms with Crippen LogP contribution in [0.4, 0.5) is 0 Å². The molecule has 0 saturated heterocycles. The van der Waals surface area contributed by atoms with Crippen molar-refractivity contribution in [3.63, 3.8) is 0 Å². The summed E-state index contributed by atoms with van der Waals surface area (Å²) in [4.78, 5) is 0. The standard InChI is InChI=1S/C13H12N2/c14-8-11(9-15)13-7-3-5-10-4-1-2-6-12(10)13/h1-9,11,14-15H. The molecule has 2 N–H and O–H groups in total. The molecule has 0 amide bonds. The molecule has 2 nitrogen and oxygen atoms in total. The first-order valence-corrected chi connectivity index (χ1v) is 4.85. The summed E-state index contributed by atoms with van der Waals surface area (Å²) in [6.07, 6.45) is 2.60. The highest BCUT2D eigenvalue weighted by molar-refractivity contribution is 5.96. The fraction of sp³-hybridized carbons (Fsp3) is 0.0769. The highest BCUT2D eigenvalue weighted by atomic mass is 14.4. The molecule has 2 heteroatoms. The first-order valence-electron chi connectivity index (χ1n) is 4.85. The van der Waals surface area contributed by atoms with Gasteiger partial charge in [-0.3, -0.25) is 0 Å². The highest BCUT2D eigenvalue weighted by Crippen LogP contribution is 2.23. The van der Waals surface area contributed by atoms with E-state index in [1.807, 2.05) is 42.5 Å². The third kappa shape index (κ3) is 1.66. The Morgan fingerprint density at radius 1 is 0.867 bits per heavy atom. The summed E-state index contributed by atoms with van der Waals surface area (Å²) in [5.41, 5.74) is 1.03. The predicted octanol–water partition coefficient (Wildman–Crippen LogP) is 3.22. The van der Waals surface area contributed by atoms with Crippen LogP contribution in [-0.4, -0.2) is 12.4 Å². The topological polar surface area (TPSA) is 47.7 Å². The number of hydrogen-bond donors (Lipinski definition) is 2. The first-order chi connectivity index (χ1) is 7.36. The molecule has 0 radical (unpaired) electrons. The number of hydrogen-bond acceptors (Lipinski definition) is 2. The lowest BCUT2D eigenvalue weighted by Gasteiger charge is -2.09. The monoisotopic (exact) mass is 196 g/mol. The van der Waals surface area contributed by atoms with Crippen LogP contribution in [-0.2, 0) is 0 Å². The van der Waals surface area contributed by atoms with Gasteiger partial charge in [-0.2, -0.15) is 0 Å². The van der Waals surface area contributed by atoms with E-state index < -0.39 is 0 Å². The van der Waals surface area contributed by atoms with Gasteiger partial charge in [0.25, 0.3) is 0 Å². The lowest BCUT2D eigenvalue weighted by Crippen LogP contribution is -2.00. The van der Waals surface area contributed by atoms with Crippen LogP contribution < -0.4 is 0 Å². The number of nitrogens with one attached hydrogen (secondary N) is 2. The van der Waals surface area contributed by atoms with Crippen LogP contribution in [0.25, 0.3) is 10.8 Å². The van der Waals surface area contributed by atoms with Crippen LogP contribution >= 0.6 is 0 Å². The minimum atomic E-state index is -0.212. The molecule has 0 spiro atoms. The Morgan fingerprint density at radius 3 is 2.27 bits per heavy atom. The molecule has 0 aliphatic rings. The Balaban J connectivity index is 2.69. The quantitative estimate of drug-likeness (QED) is 0.708.